The average Bonchev–Trinajstić information content (AvgIpc) is 2.14. The largest absolute Gasteiger partial charge is 0.423 e. The third-order valence-electron chi connectivity index (χ3n) is 1.77. The molecule has 0 aliphatic heterocycles. The molecule has 0 unspecified atom stereocenters. The summed E-state index contributed by atoms with van der Waals surface area (Å²) in [5.41, 5.74) is -3.03. The van der Waals surface area contributed by atoms with Crippen LogP contribution in [0, 0.1) is 10.1 Å². The Morgan fingerprint density at radius 1 is 1.29 bits per heavy atom. The molecule has 6 nitrogen and oxygen atoms in total. The van der Waals surface area contributed by atoms with Crippen molar-refractivity contribution >= 4 is 15.8 Å². The highest BCUT2D eigenvalue weighted by molar-refractivity contribution is 7.85. The molecule has 0 fully saturated rings. The first-order chi connectivity index (χ1) is 7.53. The summed E-state index contributed by atoms with van der Waals surface area (Å²) in [6.07, 6.45) is -5.09. The number of nitro groups is 1. The first-order valence-corrected chi connectivity index (χ1v) is 5.30. The van der Waals surface area contributed by atoms with Gasteiger partial charge in [0.15, 0.2) is 0 Å². The molecule has 1 aromatic rings. The van der Waals surface area contributed by atoms with Gasteiger partial charge in [0, 0.05) is 6.07 Å². The number of alkyl halides is 3. The Hall–Kier alpha value is -1.68. The Labute approximate surface area is 92.6 Å². The fraction of sp³-hybridized carbons (Fsp3) is 0.143. The average molecular weight is 271 g/mol. The molecule has 17 heavy (non-hydrogen) atoms. The van der Waals surface area contributed by atoms with Gasteiger partial charge in [-0.3, -0.25) is 14.7 Å². The van der Waals surface area contributed by atoms with Crippen LogP contribution in [-0.4, -0.2) is 17.9 Å². The van der Waals surface area contributed by atoms with Gasteiger partial charge in [0.25, 0.3) is 15.8 Å². The minimum absolute atomic E-state index is 0.00741. The maximum absolute atomic E-state index is 12.4. The summed E-state index contributed by atoms with van der Waals surface area (Å²) >= 11 is 0. The van der Waals surface area contributed by atoms with Crippen LogP contribution in [0.4, 0.5) is 18.9 Å². The Balaban J connectivity index is 3.57. The minimum Gasteiger partial charge on any atom is -0.282 e. The van der Waals surface area contributed by atoms with E-state index in [1.165, 1.54) is 0 Å². The molecule has 10 heteroatoms. The lowest BCUT2D eigenvalue weighted by Crippen LogP contribution is -2.10. The van der Waals surface area contributed by atoms with Crippen molar-refractivity contribution < 1.29 is 31.1 Å². The normalized spacial score (nSPS) is 12.5. The molecule has 0 spiro atoms. The zero-order valence-corrected chi connectivity index (χ0v) is 8.62. The SMILES string of the molecule is O=[N+]([O-])c1ccc(S(=O)(=O)O)cc1C(F)(F)F. The Kier molecular flexibility index (Phi) is 3.12. The summed E-state index contributed by atoms with van der Waals surface area (Å²) < 4.78 is 67.0. The van der Waals surface area contributed by atoms with Crippen molar-refractivity contribution in [2.45, 2.75) is 11.1 Å². The maximum atomic E-state index is 12.4. The zero-order valence-electron chi connectivity index (χ0n) is 7.80. The summed E-state index contributed by atoms with van der Waals surface area (Å²) in [6, 6.07) is 0.891. The minimum atomic E-state index is -5.09. The van der Waals surface area contributed by atoms with E-state index in [2.05, 4.69) is 0 Å². The van der Waals surface area contributed by atoms with E-state index in [9.17, 15) is 31.7 Å². The van der Waals surface area contributed by atoms with Crippen molar-refractivity contribution in [3.63, 3.8) is 0 Å². The second kappa shape index (κ2) is 3.96. The van der Waals surface area contributed by atoms with Crippen LogP contribution in [0.15, 0.2) is 23.1 Å². The van der Waals surface area contributed by atoms with Crippen molar-refractivity contribution in [1.29, 1.82) is 0 Å². The summed E-state index contributed by atoms with van der Waals surface area (Å²) in [6.45, 7) is 0. The van der Waals surface area contributed by atoms with Crippen molar-refractivity contribution in [2.75, 3.05) is 0 Å². The van der Waals surface area contributed by atoms with Gasteiger partial charge in [-0.05, 0) is 12.1 Å². The molecule has 1 rings (SSSR count). The predicted molar refractivity (Wildman–Crippen MR) is 47.9 cm³/mol. The molecule has 1 N–H and O–H groups in total. The van der Waals surface area contributed by atoms with Crippen LogP contribution >= 0.6 is 0 Å². The van der Waals surface area contributed by atoms with Gasteiger partial charge in [-0.2, -0.15) is 21.6 Å². The van der Waals surface area contributed by atoms with E-state index in [1.54, 1.807) is 0 Å². The lowest BCUT2D eigenvalue weighted by atomic mass is 10.2. The molecule has 0 bridgehead atoms. The van der Waals surface area contributed by atoms with Crippen molar-refractivity contribution in [3.8, 4) is 0 Å². The van der Waals surface area contributed by atoms with E-state index in [0.29, 0.717) is 12.1 Å². The molecule has 0 saturated heterocycles. The monoisotopic (exact) mass is 271 g/mol. The molecular formula is C7H4F3NO5S. The molecule has 0 heterocycles. The Morgan fingerprint density at radius 2 is 1.82 bits per heavy atom. The fourth-order valence-corrected chi connectivity index (χ4v) is 1.57. The van der Waals surface area contributed by atoms with E-state index in [1.807, 2.05) is 0 Å². The van der Waals surface area contributed by atoms with Crippen LogP contribution in [0.2, 0.25) is 0 Å². The summed E-state index contributed by atoms with van der Waals surface area (Å²) in [5.74, 6) is 0. The summed E-state index contributed by atoms with van der Waals surface area (Å²) in [7, 11) is -4.85. The maximum Gasteiger partial charge on any atom is 0.423 e. The molecule has 94 valence electrons. The van der Waals surface area contributed by atoms with Gasteiger partial charge >= 0.3 is 6.18 Å². The molecule has 0 radical (unpaired) electrons. The van der Waals surface area contributed by atoms with Gasteiger partial charge in [-0.25, -0.2) is 0 Å². The Morgan fingerprint density at radius 3 is 2.18 bits per heavy atom. The highest BCUT2D eigenvalue weighted by Crippen LogP contribution is 2.37. The molecule has 0 aliphatic rings. The predicted octanol–water partition coefficient (Wildman–Crippen LogP) is 1.86. The summed E-state index contributed by atoms with van der Waals surface area (Å²) in [4.78, 5) is 7.97. The first-order valence-electron chi connectivity index (χ1n) is 3.86. The van der Waals surface area contributed by atoms with Gasteiger partial charge in [-0.15, -0.1) is 0 Å². The second-order valence-electron chi connectivity index (χ2n) is 2.91. The smallest absolute Gasteiger partial charge is 0.282 e. The van der Waals surface area contributed by atoms with Gasteiger partial charge in [0.1, 0.15) is 5.56 Å². The standard InChI is InChI=1S/C7H4F3NO5S/c8-7(9,10)5-3-4(17(14,15)16)1-2-6(5)11(12)13/h1-3H,(H,14,15,16). The van der Waals surface area contributed by atoms with Crippen molar-refractivity contribution in [2.24, 2.45) is 0 Å². The zero-order chi connectivity index (χ0) is 13.4. The van der Waals surface area contributed by atoms with Crippen LogP contribution in [0.3, 0.4) is 0 Å². The Bertz CT molecular complexity index is 565. The van der Waals surface area contributed by atoms with E-state index in [-0.39, 0.29) is 6.07 Å². The van der Waals surface area contributed by atoms with E-state index in [4.69, 9.17) is 4.55 Å². The summed E-state index contributed by atoms with van der Waals surface area (Å²) in [5, 5.41) is 10.3. The highest BCUT2D eigenvalue weighted by atomic mass is 32.2. The van der Waals surface area contributed by atoms with Gasteiger partial charge < -0.3 is 0 Å². The molecule has 0 aliphatic carbocycles. The molecule has 0 aromatic heterocycles. The van der Waals surface area contributed by atoms with Crippen molar-refractivity contribution in [3.05, 3.63) is 33.9 Å². The number of hydrogen-bond donors (Lipinski definition) is 1. The molecule has 1 aromatic carbocycles. The highest BCUT2D eigenvalue weighted by Gasteiger charge is 2.39. The third kappa shape index (κ3) is 2.91. The second-order valence-corrected chi connectivity index (χ2v) is 4.33. The van der Waals surface area contributed by atoms with Crippen LogP contribution in [0.25, 0.3) is 0 Å². The number of nitrogens with zero attached hydrogens (tertiary/aromatic N) is 1. The number of halogens is 3. The number of hydrogen-bond acceptors (Lipinski definition) is 4. The number of rotatable bonds is 2. The quantitative estimate of drug-likeness (QED) is 0.503. The first kappa shape index (κ1) is 13.4. The number of benzene rings is 1. The van der Waals surface area contributed by atoms with Gasteiger partial charge in [-0.1, -0.05) is 0 Å². The van der Waals surface area contributed by atoms with E-state index >= 15 is 0 Å². The van der Waals surface area contributed by atoms with Crippen LogP contribution < -0.4 is 0 Å². The van der Waals surface area contributed by atoms with E-state index < -0.39 is 37.4 Å². The van der Waals surface area contributed by atoms with Crippen LogP contribution in [-0.2, 0) is 16.3 Å². The van der Waals surface area contributed by atoms with Gasteiger partial charge in [0.05, 0.1) is 9.82 Å². The molecule has 0 atom stereocenters. The van der Waals surface area contributed by atoms with Crippen LogP contribution in [0.1, 0.15) is 5.56 Å². The molecular weight excluding hydrogens is 267 g/mol. The van der Waals surface area contributed by atoms with Gasteiger partial charge in [0.2, 0.25) is 0 Å². The van der Waals surface area contributed by atoms with E-state index in [0.717, 1.165) is 0 Å². The van der Waals surface area contributed by atoms with Crippen LogP contribution in [0.5, 0.6) is 0 Å². The lowest BCUT2D eigenvalue weighted by molar-refractivity contribution is -0.388. The topological polar surface area (TPSA) is 97.5 Å². The number of nitro benzene ring substituents is 1. The third-order valence-corrected chi connectivity index (χ3v) is 2.62. The fourth-order valence-electron chi connectivity index (χ4n) is 1.06. The lowest BCUT2D eigenvalue weighted by Gasteiger charge is -2.08. The molecule has 0 amide bonds. The van der Waals surface area contributed by atoms with Crippen molar-refractivity contribution in [1.82, 2.24) is 0 Å². The molecule has 0 saturated carbocycles.